The van der Waals surface area contributed by atoms with Gasteiger partial charge >= 0.3 is 0 Å². The minimum absolute atomic E-state index is 0.0515. The Hall–Kier alpha value is -2.48. The van der Waals surface area contributed by atoms with Crippen molar-refractivity contribution in [1.82, 2.24) is 5.32 Å². The highest BCUT2D eigenvalue weighted by Crippen LogP contribution is 2.32. The van der Waals surface area contributed by atoms with Crippen LogP contribution in [0.1, 0.15) is 5.56 Å². The van der Waals surface area contributed by atoms with Crippen LogP contribution in [0.25, 0.3) is 0 Å². The Bertz CT molecular complexity index is 541. The van der Waals surface area contributed by atoms with E-state index in [0.29, 0.717) is 25.7 Å². The smallest absolute Gasteiger partial charge is 0.231 e. The molecule has 2 rings (SSSR count). The first-order valence-electron chi connectivity index (χ1n) is 6.44. The van der Waals surface area contributed by atoms with E-state index in [4.69, 9.17) is 25.7 Å². The fraction of sp³-hybridized carbons (Fsp3) is 0.385. The molecule has 1 heterocycles. The third kappa shape index (κ3) is 4.53. The normalized spacial score (nSPS) is 13.1. The topological polar surface area (TPSA) is 116 Å². The molecule has 0 saturated heterocycles. The van der Waals surface area contributed by atoms with Gasteiger partial charge in [-0.2, -0.15) is 4.99 Å². The number of hydrogen-bond donors (Lipinski definition) is 3. The van der Waals surface area contributed by atoms with E-state index in [-0.39, 0.29) is 12.8 Å². The van der Waals surface area contributed by atoms with Crippen LogP contribution in [0.15, 0.2) is 28.2 Å². The van der Waals surface area contributed by atoms with Gasteiger partial charge in [0.1, 0.15) is 0 Å². The van der Waals surface area contributed by atoms with Crippen LogP contribution in [0.5, 0.6) is 11.5 Å². The minimum Gasteiger partial charge on any atom is -0.454 e. The van der Waals surface area contributed by atoms with E-state index in [1.807, 2.05) is 18.2 Å². The van der Waals surface area contributed by atoms with Crippen LogP contribution in [-0.4, -0.2) is 39.0 Å². The molecule has 5 N–H and O–H groups in total. The molecular formula is C13H19N5O3. The van der Waals surface area contributed by atoms with Crippen LogP contribution in [0.4, 0.5) is 0 Å². The second kappa shape index (κ2) is 7.34. The van der Waals surface area contributed by atoms with Crippen molar-refractivity contribution in [3.05, 3.63) is 23.8 Å². The standard InChI is InChI=1S/C13H19N5O3/c1-19-5-4-16-13(18-12(14)15)17-7-9-2-3-10-11(6-9)21-8-20-10/h2-3,6H,4-5,7-8H2,1H3,(H5,14,15,16,17,18). The molecule has 21 heavy (non-hydrogen) atoms. The number of fused-ring (bicyclic) bond motifs is 1. The van der Waals surface area contributed by atoms with Crippen molar-refractivity contribution in [3.8, 4) is 11.5 Å². The molecule has 8 heteroatoms. The van der Waals surface area contributed by atoms with Crippen molar-refractivity contribution in [1.29, 1.82) is 0 Å². The SMILES string of the molecule is COCCNC(N=C(N)N)=NCc1ccc2c(c1)OCO2. The zero-order valence-electron chi connectivity index (χ0n) is 11.8. The fourth-order valence-corrected chi connectivity index (χ4v) is 1.72. The molecule has 1 aliphatic heterocycles. The average molecular weight is 293 g/mol. The number of nitrogens with two attached hydrogens (primary N) is 2. The highest BCUT2D eigenvalue weighted by atomic mass is 16.7. The molecule has 0 spiro atoms. The van der Waals surface area contributed by atoms with Crippen molar-refractivity contribution in [2.75, 3.05) is 27.1 Å². The molecule has 0 atom stereocenters. The lowest BCUT2D eigenvalue weighted by molar-refractivity contribution is 0.174. The molecular weight excluding hydrogens is 274 g/mol. The Morgan fingerprint density at radius 1 is 1.33 bits per heavy atom. The first-order valence-corrected chi connectivity index (χ1v) is 6.44. The van der Waals surface area contributed by atoms with Gasteiger partial charge in [0, 0.05) is 13.7 Å². The van der Waals surface area contributed by atoms with Crippen LogP contribution >= 0.6 is 0 Å². The van der Waals surface area contributed by atoms with Crippen molar-refractivity contribution < 1.29 is 14.2 Å². The Kier molecular flexibility index (Phi) is 5.22. The monoisotopic (exact) mass is 293 g/mol. The molecule has 1 aromatic carbocycles. The zero-order valence-corrected chi connectivity index (χ0v) is 11.8. The summed E-state index contributed by atoms with van der Waals surface area (Å²) in [5.41, 5.74) is 11.7. The minimum atomic E-state index is -0.0515. The van der Waals surface area contributed by atoms with E-state index in [1.54, 1.807) is 7.11 Å². The number of benzene rings is 1. The highest BCUT2D eigenvalue weighted by Gasteiger charge is 2.12. The number of ether oxygens (including phenoxy) is 3. The molecule has 114 valence electrons. The summed E-state index contributed by atoms with van der Waals surface area (Å²) in [6.07, 6.45) is 0. The molecule has 0 radical (unpaired) electrons. The van der Waals surface area contributed by atoms with Crippen molar-refractivity contribution in [2.24, 2.45) is 21.5 Å². The molecule has 0 bridgehead atoms. The summed E-state index contributed by atoms with van der Waals surface area (Å²) >= 11 is 0. The maximum Gasteiger partial charge on any atom is 0.231 e. The molecule has 0 amide bonds. The average Bonchev–Trinajstić information content (AvgIpc) is 2.91. The second-order valence-electron chi connectivity index (χ2n) is 4.28. The first kappa shape index (κ1) is 14.9. The van der Waals surface area contributed by atoms with Gasteiger partial charge in [0.2, 0.25) is 12.8 Å². The predicted molar refractivity (Wildman–Crippen MR) is 79.4 cm³/mol. The fourth-order valence-electron chi connectivity index (χ4n) is 1.72. The number of methoxy groups -OCH3 is 1. The largest absolute Gasteiger partial charge is 0.454 e. The maximum atomic E-state index is 5.38. The van der Waals surface area contributed by atoms with E-state index in [2.05, 4.69) is 15.3 Å². The van der Waals surface area contributed by atoms with Crippen LogP contribution in [-0.2, 0) is 11.3 Å². The highest BCUT2D eigenvalue weighted by molar-refractivity contribution is 5.93. The van der Waals surface area contributed by atoms with Crippen molar-refractivity contribution >= 4 is 11.9 Å². The van der Waals surface area contributed by atoms with Gasteiger partial charge in [-0.3, -0.25) is 0 Å². The molecule has 8 nitrogen and oxygen atoms in total. The maximum absolute atomic E-state index is 5.38. The van der Waals surface area contributed by atoms with Gasteiger partial charge in [0.05, 0.1) is 13.2 Å². The van der Waals surface area contributed by atoms with E-state index < -0.39 is 0 Å². The molecule has 0 aliphatic carbocycles. The van der Waals surface area contributed by atoms with E-state index in [1.165, 1.54) is 0 Å². The third-order valence-corrected chi connectivity index (χ3v) is 2.67. The summed E-state index contributed by atoms with van der Waals surface area (Å²) < 4.78 is 15.5. The summed E-state index contributed by atoms with van der Waals surface area (Å²) in [6, 6.07) is 5.65. The van der Waals surface area contributed by atoms with Crippen molar-refractivity contribution in [3.63, 3.8) is 0 Å². The Balaban J connectivity index is 2.02. The van der Waals surface area contributed by atoms with Crippen molar-refractivity contribution in [2.45, 2.75) is 6.54 Å². The quantitative estimate of drug-likeness (QED) is 0.392. The summed E-state index contributed by atoms with van der Waals surface area (Å²) in [7, 11) is 1.62. The summed E-state index contributed by atoms with van der Waals surface area (Å²) in [5.74, 6) is 1.78. The first-order chi connectivity index (χ1) is 10.2. The Morgan fingerprint density at radius 2 is 2.14 bits per heavy atom. The van der Waals surface area contributed by atoms with Gasteiger partial charge in [-0.25, -0.2) is 4.99 Å². The summed E-state index contributed by atoms with van der Waals surface area (Å²) in [5, 5.41) is 3.00. The molecule has 0 aromatic heterocycles. The molecule has 0 fully saturated rings. The number of nitrogens with one attached hydrogen (secondary N) is 1. The van der Waals surface area contributed by atoms with E-state index in [0.717, 1.165) is 17.1 Å². The lowest BCUT2D eigenvalue weighted by atomic mass is 10.2. The van der Waals surface area contributed by atoms with Gasteiger partial charge in [-0.15, -0.1) is 0 Å². The molecule has 1 aliphatic rings. The van der Waals surface area contributed by atoms with Gasteiger partial charge in [0.25, 0.3) is 0 Å². The lowest BCUT2D eigenvalue weighted by Gasteiger charge is -2.06. The zero-order chi connectivity index (χ0) is 15.1. The van der Waals surface area contributed by atoms with Crippen LogP contribution in [0.3, 0.4) is 0 Å². The lowest BCUT2D eigenvalue weighted by Crippen LogP contribution is -2.31. The number of nitrogens with zero attached hydrogens (tertiary/aromatic N) is 2. The van der Waals surface area contributed by atoms with Gasteiger partial charge in [0.15, 0.2) is 17.5 Å². The Labute approximate surface area is 122 Å². The number of aliphatic imine (C=N–C) groups is 2. The second-order valence-corrected chi connectivity index (χ2v) is 4.28. The summed E-state index contributed by atoms with van der Waals surface area (Å²) in [4.78, 5) is 8.27. The predicted octanol–water partition coefficient (Wildman–Crippen LogP) is -0.219. The van der Waals surface area contributed by atoms with Crippen LogP contribution < -0.4 is 26.3 Å². The van der Waals surface area contributed by atoms with Gasteiger partial charge in [-0.05, 0) is 17.7 Å². The van der Waals surface area contributed by atoms with E-state index in [9.17, 15) is 0 Å². The molecule has 1 aromatic rings. The number of guanidine groups is 2. The molecule has 0 saturated carbocycles. The Morgan fingerprint density at radius 3 is 2.90 bits per heavy atom. The third-order valence-electron chi connectivity index (χ3n) is 2.67. The van der Waals surface area contributed by atoms with Crippen LogP contribution in [0.2, 0.25) is 0 Å². The number of hydrogen-bond acceptors (Lipinski definition) is 4. The summed E-state index contributed by atoms with van der Waals surface area (Å²) in [6.45, 7) is 1.76. The van der Waals surface area contributed by atoms with Gasteiger partial charge in [-0.1, -0.05) is 6.07 Å². The number of rotatable bonds is 5. The van der Waals surface area contributed by atoms with Gasteiger partial charge < -0.3 is 31.0 Å². The van der Waals surface area contributed by atoms with E-state index >= 15 is 0 Å². The van der Waals surface area contributed by atoms with Crippen LogP contribution in [0, 0.1) is 0 Å². The molecule has 0 unspecified atom stereocenters.